The fourth-order valence-electron chi connectivity index (χ4n) is 0.940. The molecule has 3 heteroatoms. The molecule has 0 radical (unpaired) electrons. The van der Waals surface area contributed by atoms with Crippen LogP contribution in [0.15, 0.2) is 61.7 Å². The molecule has 0 nitrogen and oxygen atoms in total. The van der Waals surface area contributed by atoms with Gasteiger partial charge in [0, 0.05) is 0 Å². The summed E-state index contributed by atoms with van der Waals surface area (Å²) in [6.07, 6.45) is 0. The van der Waals surface area contributed by atoms with E-state index < -0.39 is 0 Å². The summed E-state index contributed by atoms with van der Waals surface area (Å²) < 4.78 is 0. The largest absolute Gasteiger partial charge is 4.00 e. The second-order valence-electron chi connectivity index (χ2n) is 2.92. The van der Waals surface area contributed by atoms with Gasteiger partial charge in [-0.3, -0.25) is 0 Å². The topological polar surface area (TPSA) is 0 Å². The molecule has 0 saturated heterocycles. The van der Waals surface area contributed by atoms with Gasteiger partial charge < -0.3 is 24.8 Å². The first-order chi connectivity index (χ1) is 6.79. The van der Waals surface area contributed by atoms with Crippen LogP contribution in [0.3, 0.4) is 0 Å². The molecular weight excluding hydrogens is 330 g/mol. The molecule has 17 heavy (non-hydrogen) atoms. The first kappa shape index (κ1) is 25.7. The van der Waals surface area contributed by atoms with Gasteiger partial charge in [-0.25, -0.2) is 23.8 Å². The van der Waals surface area contributed by atoms with E-state index in [1.54, 1.807) is 0 Å². The summed E-state index contributed by atoms with van der Waals surface area (Å²) in [4.78, 5) is 0. The van der Waals surface area contributed by atoms with E-state index in [2.05, 4.69) is 51.3 Å². The van der Waals surface area contributed by atoms with Gasteiger partial charge in [0.25, 0.3) is 0 Å². The second kappa shape index (κ2) is 18.3. The van der Waals surface area contributed by atoms with Crippen LogP contribution in [0.4, 0.5) is 0 Å². The van der Waals surface area contributed by atoms with Gasteiger partial charge in [-0.1, -0.05) is 13.8 Å². The van der Waals surface area contributed by atoms with Gasteiger partial charge in [0.2, 0.25) is 0 Å². The van der Waals surface area contributed by atoms with Gasteiger partial charge in [-0.05, 0) is 0 Å². The summed E-state index contributed by atoms with van der Waals surface area (Å²) in [6.45, 7) is 10.2. The molecule has 0 N–H and O–H groups in total. The van der Waals surface area contributed by atoms with Crippen LogP contribution in [0.25, 0.3) is 0 Å². The predicted octanol–water partition coefficient (Wildman–Crippen LogP) is -1.76. The Morgan fingerprint density at radius 1 is 1.00 bits per heavy atom. The zero-order valence-electron chi connectivity index (χ0n) is 10.3. The van der Waals surface area contributed by atoms with Gasteiger partial charge in [-0.15, -0.1) is 13.2 Å². The number of rotatable bonds is 0. The minimum absolute atomic E-state index is 0. The number of halogens is 2. The van der Waals surface area contributed by atoms with Crippen molar-refractivity contribution in [1.82, 2.24) is 0 Å². The molecule has 2 aromatic rings. The molecule has 92 valence electrons. The van der Waals surface area contributed by atoms with Gasteiger partial charge in [0.1, 0.15) is 0 Å². The molecule has 0 aliphatic carbocycles. The van der Waals surface area contributed by atoms with Crippen molar-refractivity contribution in [2.45, 2.75) is 13.8 Å². The molecule has 0 aliphatic rings. The third kappa shape index (κ3) is 15.9. The van der Waals surface area contributed by atoms with Crippen LogP contribution in [0, 0.1) is 13.8 Å². The predicted molar refractivity (Wildman–Crippen MR) is 64.8 cm³/mol. The molecule has 0 aromatic heterocycles. The van der Waals surface area contributed by atoms with Gasteiger partial charge in [0.05, 0.1) is 0 Å². The summed E-state index contributed by atoms with van der Waals surface area (Å²) in [5, 5.41) is 0. The van der Waals surface area contributed by atoms with Crippen molar-refractivity contribution in [3.63, 3.8) is 0 Å². The minimum atomic E-state index is 0. The summed E-state index contributed by atoms with van der Waals surface area (Å²) in [6, 6.07) is 16.5. The smallest absolute Gasteiger partial charge is 1.00 e. The van der Waals surface area contributed by atoms with E-state index in [0.29, 0.717) is 0 Å². The molecule has 0 aliphatic heterocycles. The summed E-state index contributed by atoms with van der Waals surface area (Å²) >= 11 is 0. The van der Waals surface area contributed by atoms with Gasteiger partial charge in [-0.2, -0.15) is 35.9 Å². The van der Waals surface area contributed by atoms with E-state index in [1.807, 2.05) is 24.3 Å². The molecule has 2 aromatic carbocycles. The van der Waals surface area contributed by atoms with Crippen LogP contribution in [0.1, 0.15) is 11.1 Å². The van der Waals surface area contributed by atoms with Gasteiger partial charge in [0.15, 0.2) is 0 Å². The van der Waals surface area contributed by atoms with E-state index in [9.17, 15) is 0 Å². The Balaban J connectivity index is -0.0000000752. The zero-order chi connectivity index (χ0) is 10.8. The van der Waals surface area contributed by atoms with Crippen molar-refractivity contribution in [3.05, 3.63) is 72.8 Å². The Bertz CT molecular complexity index is 267. The van der Waals surface area contributed by atoms with Crippen molar-refractivity contribution in [2.24, 2.45) is 0 Å². The SMILES string of the molecule is C=C.Cc1cc[cH-]c1.Cc1ccc[cH-]1.[Cl-].[Cl-].[Zr+4]. The summed E-state index contributed by atoms with van der Waals surface area (Å²) in [5.41, 5.74) is 2.69. The maximum Gasteiger partial charge on any atom is 4.00 e. The molecule has 0 fully saturated rings. The Kier molecular flexibility index (Phi) is 27.6. The first-order valence-electron chi connectivity index (χ1n) is 4.65. The Morgan fingerprint density at radius 2 is 1.59 bits per heavy atom. The number of hydrogen-bond acceptors (Lipinski definition) is 0. The molecular formula is C14H18Cl2Zr. The van der Waals surface area contributed by atoms with Crippen LogP contribution in [0.5, 0.6) is 0 Å². The second-order valence-corrected chi connectivity index (χ2v) is 2.92. The zero-order valence-corrected chi connectivity index (χ0v) is 14.3. The number of aryl methyl sites for hydroxylation is 2. The Labute approximate surface area is 137 Å². The van der Waals surface area contributed by atoms with E-state index in [-0.39, 0.29) is 51.0 Å². The van der Waals surface area contributed by atoms with Crippen molar-refractivity contribution in [2.75, 3.05) is 0 Å². The third-order valence-corrected chi connectivity index (χ3v) is 1.66. The van der Waals surface area contributed by atoms with Crippen LogP contribution in [-0.4, -0.2) is 0 Å². The van der Waals surface area contributed by atoms with Crippen LogP contribution >= 0.6 is 0 Å². The van der Waals surface area contributed by atoms with Crippen LogP contribution in [0.2, 0.25) is 0 Å². The summed E-state index contributed by atoms with van der Waals surface area (Å²) in [7, 11) is 0. The normalized spacial score (nSPS) is 6.47. The molecule has 0 spiro atoms. The fraction of sp³-hybridized carbons (Fsp3) is 0.143. The number of hydrogen-bond donors (Lipinski definition) is 0. The standard InChI is InChI=1S/2C6H7.C2H4.2ClH.Zr/c2*1-6-4-2-3-5-6;1-2;;;/h2*2-5H,1H3;1-2H2;2*1H;/q2*-1;;;;+4/p-2. The van der Waals surface area contributed by atoms with Crippen LogP contribution < -0.4 is 24.8 Å². The van der Waals surface area contributed by atoms with Crippen molar-refractivity contribution < 1.29 is 51.0 Å². The van der Waals surface area contributed by atoms with E-state index >= 15 is 0 Å². The molecule has 0 heterocycles. The quantitative estimate of drug-likeness (QED) is 0.391. The molecule has 0 atom stereocenters. The minimum Gasteiger partial charge on any atom is -1.00 e. The monoisotopic (exact) mass is 346 g/mol. The Hall–Kier alpha value is -0.0969. The molecule has 2 rings (SSSR count). The third-order valence-electron chi connectivity index (χ3n) is 1.66. The maximum atomic E-state index is 3.00. The Morgan fingerprint density at radius 3 is 1.71 bits per heavy atom. The van der Waals surface area contributed by atoms with E-state index in [4.69, 9.17) is 0 Å². The average molecular weight is 348 g/mol. The van der Waals surface area contributed by atoms with Gasteiger partial charge >= 0.3 is 26.2 Å². The fourth-order valence-corrected chi connectivity index (χ4v) is 0.940. The average Bonchev–Trinajstić information content (AvgIpc) is 2.83. The van der Waals surface area contributed by atoms with E-state index in [1.165, 1.54) is 11.1 Å². The summed E-state index contributed by atoms with van der Waals surface area (Å²) in [5.74, 6) is 0. The van der Waals surface area contributed by atoms with Crippen molar-refractivity contribution in [1.29, 1.82) is 0 Å². The maximum absolute atomic E-state index is 3.00. The van der Waals surface area contributed by atoms with Crippen molar-refractivity contribution in [3.8, 4) is 0 Å². The molecule has 0 amide bonds. The first-order valence-corrected chi connectivity index (χ1v) is 4.65. The van der Waals surface area contributed by atoms with E-state index in [0.717, 1.165) is 0 Å². The molecule has 0 unspecified atom stereocenters. The molecule has 0 bridgehead atoms. The molecule has 0 saturated carbocycles. The van der Waals surface area contributed by atoms with Crippen LogP contribution in [-0.2, 0) is 26.2 Å². The van der Waals surface area contributed by atoms with Crippen molar-refractivity contribution >= 4 is 0 Å².